The zero-order chi connectivity index (χ0) is 37.3. The first-order valence-corrected chi connectivity index (χ1v) is 19.0. The highest BCUT2D eigenvalue weighted by molar-refractivity contribution is 6.02. The molecule has 0 amide bonds. The third kappa shape index (κ3) is 5.34. The van der Waals surface area contributed by atoms with Crippen LogP contribution in [0.5, 0.6) is 0 Å². The number of benzene rings is 5. The largest absolute Gasteiger partial charge is 0.309 e. The molecule has 266 valence electrons. The maximum Gasteiger partial charge on any atom is 0.137 e. The van der Waals surface area contributed by atoms with Crippen LogP contribution < -0.4 is 0 Å². The van der Waals surface area contributed by atoms with Crippen molar-refractivity contribution in [1.82, 2.24) is 27.9 Å². The van der Waals surface area contributed by atoms with Gasteiger partial charge in [0.25, 0.3) is 0 Å². The van der Waals surface area contributed by atoms with Gasteiger partial charge >= 0.3 is 0 Å². The van der Waals surface area contributed by atoms with E-state index in [1.807, 2.05) is 48.8 Å². The molecule has 0 fully saturated rings. The van der Waals surface area contributed by atoms with Crippen LogP contribution in [0.2, 0.25) is 0 Å². The van der Waals surface area contributed by atoms with Gasteiger partial charge in [-0.2, -0.15) is 0 Å². The summed E-state index contributed by atoms with van der Waals surface area (Å²) in [7, 11) is 0. The predicted octanol–water partition coefficient (Wildman–Crippen LogP) is 12.2. The Morgan fingerprint density at radius 1 is 0.393 bits per heavy atom. The fourth-order valence-corrected chi connectivity index (χ4v) is 8.05. The lowest BCUT2D eigenvalue weighted by atomic mass is 10.1. The number of pyridine rings is 2. The Kier molecular flexibility index (Phi) is 7.19. The summed E-state index contributed by atoms with van der Waals surface area (Å²) in [4.78, 5) is 9.75. The van der Waals surface area contributed by atoms with Crippen LogP contribution in [-0.2, 0) is 0 Å². The Bertz CT molecular complexity index is 2940. The smallest absolute Gasteiger partial charge is 0.137 e. The van der Waals surface area contributed by atoms with Gasteiger partial charge < -0.3 is 17.9 Å². The molecule has 0 radical (unpaired) electrons. The first-order valence-electron chi connectivity index (χ1n) is 19.0. The molecule has 5 aromatic carbocycles. The van der Waals surface area contributed by atoms with Gasteiger partial charge in [0.2, 0.25) is 0 Å². The third-order valence-corrected chi connectivity index (χ3v) is 11.0. The van der Waals surface area contributed by atoms with Gasteiger partial charge in [0.05, 0.1) is 33.8 Å². The van der Waals surface area contributed by atoms with Crippen LogP contribution in [0.15, 0.2) is 183 Å². The molecule has 0 aliphatic rings. The summed E-state index contributed by atoms with van der Waals surface area (Å²) in [5, 5.41) is 2.35. The Morgan fingerprint density at radius 2 is 0.786 bits per heavy atom. The normalized spacial score (nSPS) is 11.8. The molecule has 6 nitrogen and oxygen atoms in total. The first-order chi connectivity index (χ1) is 27.5. The molecular weight excluding hydrogens is 685 g/mol. The van der Waals surface area contributed by atoms with Crippen LogP contribution in [0.1, 0.15) is 11.1 Å². The average Bonchev–Trinajstić information content (AvgIpc) is 4.03. The maximum absolute atomic E-state index is 4.88. The van der Waals surface area contributed by atoms with Crippen LogP contribution in [-0.4, -0.2) is 27.9 Å². The molecule has 0 aliphatic heterocycles. The van der Waals surface area contributed by atoms with Gasteiger partial charge in [-0.05, 0) is 97.8 Å². The van der Waals surface area contributed by atoms with E-state index in [-0.39, 0.29) is 0 Å². The Balaban J connectivity index is 1.08. The Morgan fingerprint density at radius 3 is 1.18 bits per heavy atom. The van der Waals surface area contributed by atoms with E-state index in [1.165, 1.54) is 33.0 Å². The summed E-state index contributed by atoms with van der Waals surface area (Å²) < 4.78 is 8.94. The van der Waals surface area contributed by atoms with E-state index in [4.69, 9.17) is 9.97 Å². The minimum absolute atomic E-state index is 0.938. The quantitative estimate of drug-likeness (QED) is 0.172. The number of hydrogen-bond donors (Lipinski definition) is 0. The molecule has 0 N–H and O–H groups in total. The average molecular weight is 721 g/mol. The van der Waals surface area contributed by atoms with Crippen LogP contribution in [0.3, 0.4) is 0 Å². The number of hydrogen-bond acceptors (Lipinski definition) is 2. The second-order valence-electron chi connectivity index (χ2n) is 14.7. The Labute approximate surface area is 323 Å². The minimum atomic E-state index is 0.938. The van der Waals surface area contributed by atoms with Crippen molar-refractivity contribution in [2.45, 2.75) is 13.8 Å². The lowest BCUT2D eigenvalue weighted by molar-refractivity contribution is 1.13. The second-order valence-corrected chi connectivity index (χ2v) is 14.7. The van der Waals surface area contributed by atoms with Crippen molar-refractivity contribution in [2.24, 2.45) is 0 Å². The number of rotatable bonds is 6. The van der Waals surface area contributed by atoms with E-state index in [0.29, 0.717) is 0 Å². The van der Waals surface area contributed by atoms with Gasteiger partial charge in [-0.15, -0.1) is 0 Å². The Hall–Kier alpha value is -7.44. The molecule has 6 heteroatoms. The second kappa shape index (κ2) is 12.6. The summed E-state index contributed by atoms with van der Waals surface area (Å²) in [6.45, 7) is 4.27. The van der Waals surface area contributed by atoms with Crippen molar-refractivity contribution in [2.75, 3.05) is 0 Å². The van der Waals surface area contributed by atoms with Crippen LogP contribution in [0, 0.1) is 13.8 Å². The first kappa shape index (κ1) is 32.0. The van der Waals surface area contributed by atoms with E-state index >= 15 is 0 Å². The highest BCUT2D eigenvalue weighted by Gasteiger charge is 2.19. The molecule has 56 heavy (non-hydrogen) atoms. The predicted molar refractivity (Wildman–Crippen MR) is 229 cm³/mol. The standard InChI is InChI=1S/C50H36N6/c1-33-9-13-37(14-10-33)45-27-39-29-48-40(30-47(39)55(45)41-21-17-35(18-22-41)43-31-53-25-5-3-7-49(53)51-43)28-46(38-15-11-34(2)12-16-38)56(48)42-23-19-36(20-24-42)44-32-54-26-6-4-8-50(54)52-44/h3-32H,1-2H3. The molecule has 0 saturated carbocycles. The number of imidazole rings is 2. The topological polar surface area (TPSA) is 44.5 Å². The highest BCUT2D eigenvalue weighted by Crippen LogP contribution is 2.39. The van der Waals surface area contributed by atoms with Crippen molar-refractivity contribution >= 4 is 33.1 Å². The fourth-order valence-electron chi connectivity index (χ4n) is 8.05. The minimum Gasteiger partial charge on any atom is -0.309 e. The molecular formula is C50H36N6. The van der Waals surface area contributed by atoms with Crippen molar-refractivity contribution in [3.63, 3.8) is 0 Å². The van der Waals surface area contributed by atoms with Crippen molar-refractivity contribution in [1.29, 1.82) is 0 Å². The van der Waals surface area contributed by atoms with E-state index in [9.17, 15) is 0 Å². The maximum atomic E-state index is 4.88. The molecule has 0 bridgehead atoms. The summed E-state index contributed by atoms with van der Waals surface area (Å²) in [6.07, 6.45) is 8.26. The number of fused-ring (bicyclic) bond motifs is 4. The van der Waals surface area contributed by atoms with Crippen LogP contribution in [0.25, 0.3) is 89.5 Å². The number of aromatic nitrogens is 6. The zero-order valence-corrected chi connectivity index (χ0v) is 31.0. The van der Waals surface area contributed by atoms with Gasteiger partial charge in [-0.3, -0.25) is 0 Å². The molecule has 6 aromatic heterocycles. The van der Waals surface area contributed by atoms with Crippen LogP contribution in [0.4, 0.5) is 0 Å². The summed E-state index contributed by atoms with van der Waals surface area (Å²) in [5.74, 6) is 0. The van der Waals surface area contributed by atoms with Crippen molar-refractivity contribution in [3.8, 4) is 56.4 Å². The molecule has 0 aliphatic carbocycles. The molecule has 0 spiro atoms. The summed E-state index contributed by atoms with van der Waals surface area (Å²) in [5.41, 5.74) is 17.6. The molecule has 0 unspecified atom stereocenters. The van der Waals surface area contributed by atoms with Gasteiger partial charge in [0.1, 0.15) is 11.3 Å². The van der Waals surface area contributed by atoms with Crippen molar-refractivity contribution < 1.29 is 0 Å². The monoisotopic (exact) mass is 720 g/mol. The molecule has 6 heterocycles. The molecule has 11 aromatic rings. The third-order valence-electron chi connectivity index (χ3n) is 11.0. The van der Waals surface area contributed by atoms with Gasteiger partial charge in [0, 0.05) is 58.1 Å². The van der Waals surface area contributed by atoms with E-state index in [0.717, 1.165) is 67.6 Å². The fraction of sp³-hybridized carbons (Fsp3) is 0.0400. The molecule has 0 saturated heterocycles. The SMILES string of the molecule is Cc1ccc(-c2cc3cc4c(cc(-c5ccc(C)cc5)n4-c4ccc(-c5cn6ccccc6n5)cc4)cc3n2-c2ccc(-c3cn4ccccc4n3)cc2)cc1. The lowest BCUT2D eigenvalue weighted by Crippen LogP contribution is -1.98. The van der Waals surface area contributed by atoms with Gasteiger partial charge in [-0.25, -0.2) is 9.97 Å². The highest BCUT2D eigenvalue weighted by atomic mass is 15.0. The number of nitrogens with zero attached hydrogens (tertiary/aromatic N) is 6. The van der Waals surface area contributed by atoms with Crippen molar-refractivity contribution in [3.05, 3.63) is 194 Å². The van der Waals surface area contributed by atoms with Gasteiger partial charge in [0.15, 0.2) is 0 Å². The molecule has 11 rings (SSSR count). The van der Waals surface area contributed by atoms with E-state index in [1.54, 1.807) is 0 Å². The lowest BCUT2D eigenvalue weighted by Gasteiger charge is -2.13. The molecule has 0 atom stereocenters. The van der Waals surface area contributed by atoms with E-state index in [2.05, 4.69) is 166 Å². The number of aryl methyl sites for hydroxylation is 2. The zero-order valence-electron chi connectivity index (χ0n) is 31.0. The van der Waals surface area contributed by atoms with Gasteiger partial charge in [-0.1, -0.05) is 96.1 Å². The van der Waals surface area contributed by atoms with E-state index < -0.39 is 0 Å². The summed E-state index contributed by atoms with van der Waals surface area (Å²) >= 11 is 0. The van der Waals surface area contributed by atoms with Crippen LogP contribution >= 0.6 is 0 Å². The summed E-state index contributed by atoms with van der Waals surface area (Å²) in [6, 6.07) is 56.8.